The number of para-hydroxylation sites is 2. The Balaban J connectivity index is 1.02. The molecule has 0 spiro atoms. The highest BCUT2D eigenvalue weighted by Crippen LogP contribution is 2.52. The quantitative estimate of drug-likeness (QED) is 0.169. The number of fused-ring (bicyclic) bond motifs is 7. The molecule has 0 radical (unpaired) electrons. The van der Waals surface area contributed by atoms with Gasteiger partial charge in [-0.15, -0.1) is 0 Å². The summed E-state index contributed by atoms with van der Waals surface area (Å²) < 4.78 is 6.43. The maximum Gasteiger partial charge on any atom is 0.143 e. The van der Waals surface area contributed by atoms with Crippen LogP contribution in [0.4, 0.5) is 17.1 Å². The van der Waals surface area contributed by atoms with Crippen LogP contribution in [0.3, 0.4) is 0 Å². The highest BCUT2D eigenvalue weighted by atomic mass is 16.3. The van der Waals surface area contributed by atoms with E-state index in [0.29, 0.717) is 0 Å². The first-order chi connectivity index (χ1) is 28.0. The number of anilines is 3. The van der Waals surface area contributed by atoms with Gasteiger partial charge in [-0.3, -0.25) is 0 Å². The number of benzene rings is 9. The smallest absolute Gasteiger partial charge is 0.143 e. The molecule has 2 nitrogen and oxygen atoms in total. The molecule has 1 aliphatic rings. The molecule has 0 saturated heterocycles. The minimum Gasteiger partial charge on any atom is -0.455 e. The van der Waals surface area contributed by atoms with Crippen LogP contribution in [-0.2, 0) is 5.41 Å². The second kappa shape index (κ2) is 13.0. The summed E-state index contributed by atoms with van der Waals surface area (Å²) in [5, 5.41) is 4.76. The van der Waals surface area contributed by atoms with Gasteiger partial charge in [0.1, 0.15) is 11.2 Å². The normalized spacial score (nSPS) is 12.9. The Bertz CT molecular complexity index is 3150. The first kappa shape index (κ1) is 33.2. The second-order valence-electron chi connectivity index (χ2n) is 15.7. The molecule has 0 atom stereocenters. The van der Waals surface area contributed by atoms with Crippen LogP contribution >= 0.6 is 0 Å². The van der Waals surface area contributed by atoms with Crippen molar-refractivity contribution in [1.29, 1.82) is 0 Å². The lowest BCUT2D eigenvalue weighted by Crippen LogP contribution is -2.16. The third-order valence-electron chi connectivity index (χ3n) is 12.0. The van der Waals surface area contributed by atoms with Crippen molar-refractivity contribution in [2.24, 2.45) is 0 Å². The van der Waals surface area contributed by atoms with Crippen LogP contribution in [0.2, 0.25) is 0 Å². The molecule has 0 saturated carbocycles. The number of rotatable bonds is 6. The van der Waals surface area contributed by atoms with Crippen LogP contribution in [0, 0.1) is 0 Å². The highest BCUT2D eigenvalue weighted by molar-refractivity contribution is 6.09. The van der Waals surface area contributed by atoms with Gasteiger partial charge in [-0.1, -0.05) is 166 Å². The lowest BCUT2D eigenvalue weighted by molar-refractivity contribution is 0.662. The van der Waals surface area contributed by atoms with E-state index in [0.717, 1.165) is 50.1 Å². The van der Waals surface area contributed by atoms with Crippen molar-refractivity contribution < 1.29 is 4.42 Å². The van der Waals surface area contributed by atoms with E-state index in [9.17, 15) is 0 Å². The molecule has 1 aromatic heterocycles. The van der Waals surface area contributed by atoms with Crippen LogP contribution in [0.25, 0.3) is 77.2 Å². The molecule has 1 heterocycles. The van der Waals surface area contributed by atoms with Gasteiger partial charge in [-0.2, -0.15) is 0 Å². The fourth-order valence-electron chi connectivity index (χ4n) is 9.28. The van der Waals surface area contributed by atoms with Gasteiger partial charge >= 0.3 is 0 Å². The van der Waals surface area contributed by atoms with Crippen molar-refractivity contribution in [2.75, 3.05) is 4.90 Å². The molecule has 270 valence electrons. The van der Waals surface area contributed by atoms with Crippen LogP contribution < -0.4 is 4.90 Å². The van der Waals surface area contributed by atoms with E-state index in [-0.39, 0.29) is 5.41 Å². The zero-order valence-electron chi connectivity index (χ0n) is 31.9. The fourth-order valence-corrected chi connectivity index (χ4v) is 9.28. The predicted octanol–water partition coefficient (Wildman–Crippen LogP) is 15.5. The van der Waals surface area contributed by atoms with Gasteiger partial charge in [0.2, 0.25) is 0 Å². The van der Waals surface area contributed by atoms with Crippen LogP contribution in [0.5, 0.6) is 0 Å². The first-order valence-electron chi connectivity index (χ1n) is 19.8. The average Bonchev–Trinajstić information content (AvgIpc) is 3.76. The van der Waals surface area contributed by atoms with Crippen molar-refractivity contribution >= 4 is 49.8 Å². The van der Waals surface area contributed by atoms with Crippen LogP contribution in [-0.4, -0.2) is 0 Å². The molecule has 11 rings (SSSR count). The van der Waals surface area contributed by atoms with Crippen LogP contribution in [0.15, 0.2) is 205 Å². The standard InChI is InChI=1S/C55H39NO/c1-55(2)51-22-7-5-16-47(51)49-20-10-18-45(53(49)55)37-26-30-42(31-27-37)56(44-15-9-14-40(35-44)41-25-24-36-12-3-4-13-39(36)34-41)43-32-28-38(29-33-43)46-19-11-21-50-48-17-6-8-23-52(48)57-54(46)50/h3-35H,1-2H3. The molecule has 1 aliphatic carbocycles. The lowest BCUT2D eigenvalue weighted by Gasteiger charge is -2.27. The molecular formula is C55H39NO. The Kier molecular flexibility index (Phi) is 7.55. The highest BCUT2D eigenvalue weighted by Gasteiger charge is 2.37. The summed E-state index contributed by atoms with van der Waals surface area (Å²) in [5.74, 6) is 0. The number of hydrogen-bond donors (Lipinski definition) is 0. The summed E-state index contributed by atoms with van der Waals surface area (Å²) >= 11 is 0. The summed E-state index contributed by atoms with van der Waals surface area (Å²) in [6.07, 6.45) is 0. The Labute approximate surface area is 332 Å². The van der Waals surface area contributed by atoms with E-state index in [2.05, 4.69) is 207 Å². The number of hydrogen-bond acceptors (Lipinski definition) is 2. The summed E-state index contributed by atoms with van der Waals surface area (Å²) in [6.45, 7) is 4.72. The maximum atomic E-state index is 6.43. The Morgan fingerprint density at radius 1 is 0.386 bits per heavy atom. The summed E-state index contributed by atoms with van der Waals surface area (Å²) in [6, 6.07) is 72.6. The second-order valence-corrected chi connectivity index (χ2v) is 15.7. The van der Waals surface area contributed by atoms with E-state index in [4.69, 9.17) is 4.42 Å². The number of nitrogens with zero attached hydrogens (tertiary/aromatic N) is 1. The van der Waals surface area contributed by atoms with E-state index in [1.54, 1.807) is 0 Å². The molecule has 2 heteroatoms. The molecule has 0 fully saturated rings. The van der Waals surface area contributed by atoms with Gasteiger partial charge in [0.25, 0.3) is 0 Å². The van der Waals surface area contributed by atoms with E-state index < -0.39 is 0 Å². The van der Waals surface area contributed by atoms with Gasteiger partial charge in [-0.25, -0.2) is 0 Å². The van der Waals surface area contributed by atoms with Crippen molar-refractivity contribution in [1.82, 2.24) is 0 Å². The minimum absolute atomic E-state index is 0.0924. The summed E-state index contributed by atoms with van der Waals surface area (Å²) in [4.78, 5) is 2.37. The first-order valence-corrected chi connectivity index (χ1v) is 19.8. The summed E-state index contributed by atoms with van der Waals surface area (Å²) in [5.41, 5.74) is 17.5. The summed E-state index contributed by atoms with van der Waals surface area (Å²) in [7, 11) is 0. The van der Waals surface area contributed by atoms with Crippen molar-refractivity contribution in [3.8, 4) is 44.5 Å². The number of furan rings is 1. The molecule has 9 aromatic carbocycles. The Hall–Kier alpha value is -7.16. The Morgan fingerprint density at radius 3 is 1.79 bits per heavy atom. The van der Waals surface area contributed by atoms with Crippen molar-refractivity contribution in [3.63, 3.8) is 0 Å². The largest absolute Gasteiger partial charge is 0.455 e. The minimum atomic E-state index is -0.0924. The van der Waals surface area contributed by atoms with Crippen molar-refractivity contribution in [2.45, 2.75) is 19.3 Å². The molecule has 0 amide bonds. The maximum absolute atomic E-state index is 6.43. The molecule has 0 N–H and O–H groups in total. The average molecular weight is 730 g/mol. The van der Waals surface area contributed by atoms with E-state index >= 15 is 0 Å². The molecule has 0 aliphatic heterocycles. The SMILES string of the molecule is CC1(C)c2ccccc2-c2cccc(-c3ccc(N(c4ccc(-c5cccc6c5oc5ccccc56)cc4)c4cccc(-c5ccc6ccccc6c5)c4)cc3)c21. The zero-order valence-corrected chi connectivity index (χ0v) is 31.9. The van der Waals surface area contributed by atoms with Gasteiger partial charge in [-0.05, 0) is 109 Å². The molecule has 0 unspecified atom stereocenters. The topological polar surface area (TPSA) is 16.4 Å². The van der Waals surface area contributed by atoms with Crippen LogP contribution in [0.1, 0.15) is 25.0 Å². The van der Waals surface area contributed by atoms with Gasteiger partial charge in [0.15, 0.2) is 0 Å². The fraction of sp³-hybridized carbons (Fsp3) is 0.0545. The molecule has 0 bridgehead atoms. The predicted molar refractivity (Wildman–Crippen MR) is 240 cm³/mol. The molecule has 10 aromatic rings. The monoisotopic (exact) mass is 729 g/mol. The van der Waals surface area contributed by atoms with Gasteiger partial charge in [0.05, 0.1) is 0 Å². The van der Waals surface area contributed by atoms with Gasteiger partial charge in [0, 0.05) is 38.8 Å². The third kappa shape index (κ3) is 5.40. The zero-order chi connectivity index (χ0) is 38.1. The van der Waals surface area contributed by atoms with Gasteiger partial charge < -0.3 is 9.32 Å². The van der Waals surface area contributed by atoms with E-state index in [1.807, 2.05) is 12.1 Å². The molecule has 57 heavy (non-hydrogen) atoms. The van der Waals surface area contributed by atoms with E-state index in [1.165, 1.54) is 55.3 Å². The third-order valence-corrected chi connectivity index (χ3v) is 12.0. The van der Waals surface area contributed by atoms with Crippen molar-refractivity contribution in [3.05, 3.63) is 211 Å². The Morgan fingerprint density at radius 2 is 0.965 bits per heavy atom. The molecular weight excluding hydrogens is 691 g/mol. The lowest BCUT2D eigenvalue weighted by atomic mass is 9.79.